The van der Waals surface area contributed by atoms with Crippen molar-refractivity contribution in [3.63, 3.8) is 0 Å². The van der Waals surface area contributed by atoms with Crippen molar-refractivity contribution < 1.29 is 9.59 Å². The highest BCUT2D eigenvalue weighted by atomic mass is 16.2. The van der Waals surface area contributed by atoms with E-state index in [1.165, 1.54) is 32.1 Å². The minimum absolute atomic E-state index is 0.0966. The average molecular weight is 436 g/mol. The Morgan fingerprint density at radius 3 is 2.06 bits per heavy atom. The summed E-state index contributed by atoms with van der Waals surface area (Å²) in [5, 5.41) is 3.01. The molecule has 32 heavy (non-hydrogen) atoms. The Hall–Kier alpha value is -2.82. The van der Waals surface area contributed by atoms with Crippen molar-refractivity contribution in [3.8, 4) is 0 Å². The molecule has 3 rings (SSSR count). The van der Waals surface area contributed by atoms with E-state index >= 15 is 0 Å². The Labute approximate surface area is 192 Å². The third-order valence-electron chi connectivity index (χ3n) is 6.11. The summed E-state index contributed by atoms with van der Waals surface area (Å²) in [5.74, 6) is 0.198. The fourth-order valence-electron chi connectivity index (χ4n) is 4.15. The zero-order chi connectivity index (χ0) is 22.6. The lowest BCUT2D eigenvalue weighted by molar-refractivity contribution is -0.116. The molecule has 2 aromatic rings. The lowest BCUT2D eigenvalue weighted by Gasteiger charge is -2.36. The fraction of sp³-hybridized carbons (Fsp3) is 0.481. The largest absolute Gasteiger partial charge is 0.368 e. The van der Waals surface area contributed by atoms with Crippen molar-refractivity contribution in [2.45, 2.75) is 58.3 Å². The van der Waals surface area contributed by atoms with Gasteiger partial charge in [0.2, 0.25) is 5.91 Å². The number of rotatable bonds is 11. The summed E-state index contributed by atoms with van der Waals surface area (Å²) in [6, 6.07) is 17.5. The van der Waals surface area contributed by atoms with E-state index in [0.29, 0.717) is 19.5 Å². The lowest BCUT2D eigenvalue weighted by atomic mass is 10.1. The molecule has 172 valence electrons. The Morgan fingerprint density at radius 1 is 0.781 bits per heavy atom. The maximum Gasteiger partial charge on any atom is 0.253 e. The molecule has 5 heteroatoms. The first-order valence-electron chi connectivity index (χ1n) is 12.2. The average Bonchev–Trinajstić information content (AvgIpc) is 2.84. The van der Waals surface area contributed by atoms with E-state index in [0.717, 1.165) is 42.9 Å². The molecular formula is C27H37N3O2. The van der Waals surface area contributed by atoms with Crippen molar-refractivity contribution in [2.75, 3.05) is 36.4 Å². The molecular weight excluding hydrogens is 398 g/mol. The minimum atomic E-state index is 0.0966. The minimum Gasteiger partial charge on any atom is -0.368 e. The maximum atomic E-state index is 12.6. The second-order valence-electron chi connectivity index (χ2n) is 8.61. The highest BCUT2D eigenvalue weighted by Gasteiger charge is 2.22. The van der Waals surface area contributed by atoms with E-state index in [1.807, 2.05) is 47.4 Å². The molecule has 2 aromatic carbocycles. The van der Waals surface area contributed by atoms with Gasteiger partial charge in [-0.25, -0.2) is 0 Å². The number of carbonyl (C=O) groups is 2. The van der Waals surface area contributed by atoms with E-state index in [1.54, 1.807) is 0 Å². The predicted octanol–water partition coefficient (Wildman–Crippen LogP) is 5.73. The van der Waals surface area contributed by atoms with Gasteiger partial charge in [0.15, 0.2) is 0 Å². The zero-order valence-electron chi connectivity index (χ0n) is 19.4. The molecule has 1 saturated heterocycles. The van der Waals surface area contributed by atoms with Crippen LogP contribution < -0.4 is 10.2 Å². The van der Waals surface area contributed by atoms with Gasteiger partial charge in [0.1, 0.15) is 0 Å². The number of hydrogen-bond donors (Lipinski definition) is 1. The second kappa shape index (κ2) is 12.9. The van der Waals surface area contributed by atoms with Crippen molar-refractivity contribution in [2.24, 2.45) is 0 Å². The molecule has 0 atom stereocenters. The van der Waals surface area contributed by atoms with Crippen LogP contribution in [0.15, 0.2) is 54.6 Å². The molecule has 0 saturated carbocycles. The van der Waals surface area contributed by atoms with Gasteiger partial charge < -0.3 is 15.1 Å². The van der Waals surface area contributed by atoms with E-state index < -0.39 is 0 Å². The molecule has 0 spiro atoms. The van der Waals surface area contributed by atoms with Crippen LogP contribution in [0.1, 0.15) is 68.6 Å². The molecule has 1 aliphatic heterocycles. The summed E-state index contributed by atoms with van der Waals surface area (Å²) in [4.78, 5) is 29.0. The molecule has 0 aliphatic carbocycles. The predicted molar refractivity (Wildman–Crippen MR) is 132 cm³/mol. The van der Waals surface area contributed by atoms with Crippen LogP contribution in [-0.4, -0.2) is 42.9 Å². The standard InChI is InChI=1S/C27H37N3O2/c1-2-3-4-5-6-7-11-14-26(31)28-24-15-17-25(18-16-24)29-19-21-30(22-20-29)27(32)23-12-9-8-10-13-23/h8-10,12-13,15-18H,2-7,11,14,19-22H2,1H3,(H,28,31). The number of unbranched alkanes of at least 4 members (excludes halogenated alkanes) is 6. The van der Waals surface area contributed by atoms with E-state index in [-0.39, 0.29) is 11.8 Å². The van der Waals surface area contributed by atoms with Gasteiger partial charge in [0, 0.05) is 49.5 Å². The topological polar surface area (TPSA) is 52.7 Å². The van der Waals surface area contributed by atoms with Crippen molar-refractivity contribution in [1.29, 1.82) is 0 Å². The Bertz CT molecular complexity index is 828. The third-order valence-corrected chi connectivity index (χ3v) is 6.11. The molecule has 0 radical (unpaired) electrons. The molecule has 5 nitrogen and oxygen atoms in total. The molecule has 1 N–H and O–H groups in total. The third kappa shape index (κ3) is 7.40. The lowest BCUT2D eigenvalue weighted by Crippen LogP contribution is -2.48. The number of piperazine rings is 1. The smallest absolute Gasteiger partial charge is 0.253 e. The van der Waals surface area contributed by atoms with Crippen molar-refractivity contribution in [1.82, 2.24) is 4.90 Å². The van der Waals surface area contributed by atoms with Gasteiger partial charge in [0.05, 0.1) is 0 Å². The van der Waals surface area contributed by atoms with Crippen LogP contribution in [0.5, 0.6) is 0 Å². The number of nitrogens with zero attached hydrogens (tertiary/aromatic N) is 2. The molecule has 1 fully saturated rings. The summed E-state index contributed by atoms with van der Waals surface area (Å²) in [7, 11) is 0. The van der Waals surface area contributed by atoms with Crippen LogP contribution in [0.3, 0.4) is 0 Å². The van der Waals surface area contributed by atoms with Crippen LogP contribution in [0.2, 0.25) is 0 Å². The molecule has 1 aliphatic rings. The number of nitrogens with one attached hydrogen (secondary N) is 1. The molecule has 2 amide bonds. The van der Waals surface area contributed by atoms with Crippen LogP contribution in [0.25, 0.3) is 0 Å². The first kappa shape index (κ1) is 23.8. The van der Waals surface area contributed by atoms with Gasteiger partial charge >= 0.3 is 0 Å². The highest BCUT2D eigenvalue weighted by Crippen LogP contribution is 2.20. The monoisotopic (exact) mass is 435 g/mol. The molecule has 0 unspecified atom stereocenters. The summed E-state index contributed by atoms with van der Waals surface area (Å²) in [5.41, 5.74) is 2.72. The molecule has 1 heterocycles. The zero-order valence-corrected chi connectivity index (χ0v) is 19.4. The van der Waals surface area contributed by atoms with Crippen molar-refractivity contribution in [3.05, 3.63) is 60.2 Å². The van der Waals surface area contributed by atoms with Crippen LogP contribution in [0, 0.1) is 0 Å². The Morgan fingerprint density at radius 2 is 1.41 bits per heavy atom. The number of hydrogen-bond acceptors (Lipinski definition) is 3. The number of anilines is 2. The van der Waals surface area contributed by atoms with Gasteiger partial charge in [-0.05, 0) is 42.8 Å². The van der Waals surface area contributed by atoms with Gasteiger partial charge in [-0.1, -0.05) is 63.6 Å². The normalized spacial score (nSPS) is 13.8. The summed E-state index contributed by atoms with van der Waals surface area (Å²) < 4.78 is 0. The van der Waals surface area contributed by atoms with E-state index in [2.05, 4.69) is 29.3 Å². The van der Waals surface area contributed by atoms with Crippen LogP contribution in [0.4, 0.5) is 11.4 Å². The number of benzene rings is 2. The maximum absolute atomic E-state index is 12.6. The SMILES string of the molecule is CCCCCCCCCC(=O)Nc1ccc(N2CCN(C(=O)c3ccccc3)CC2)cc1. The van der Waals surface area contributed by atoms with E-state index in [4.69, 9.17) is 0 Å². The van der Waals surface area contributed by atoms with Gasteiger partial charge in [-0.2, -0.15) is 0 Å². The first-order valence-corrected chi connectivity index (χ1v) is 12.2. The molecule has 0 bridgehead atoms. The number of amides is 2. The van der Waals surface area contributed by atoms with Crippen LogP contribution >= 0.6 is 0 Å². The van der Waals surface area contributed by atoms with Gasteiger partial charge in [-0.3, -0.25) is 9.59 Å². The van der Waals surface area contributed by atoms with E-state index in [9.17, 15) is 9.59 Å². The van der Waals surface area contributed by atoms with Gasteiger partial charge in [0.25, 0.3) is 5.91 Å². The Balaban J connectivity index is 1.37. The number of carbonyl (C=O) groups excluding carboxylic acids is 2. The van der Waals surface area contributed by atoms with Crippen molar-refractivity contribution >= 4 is 23.2 Å². The Kier molecular flexibility index (Phi) is 9.60. The van der Waals surface area contributed by atoms with Crippen LogP contribution in [-0.2, 0) is 4.79 Å². The summed E-state index contributed by atoms with van der Waals surface area (Å²) in [6.45, 7) is 5.27. The summed E-state index contributed by atoms with van der Waals surface area (Å²) >= 11 is 0. The molecule has 0 aromatic heterocycles. The second-order valence-corrected chi connectivity index (χ2v) is 8.61. The van der Waals surface area contributed by atoms with Gasteiger partial charge in [-0.15, -0.1) is 0 Å². The quantitative estimate of drug-likeness (QED) is 0.459. The fourth-order valence-corrected chi connectivity index (χ4v) is 4.15. The first-order chi connectivity index (χ1) is 15.7. The highest BCUT2D eigenvalue weighted by molar-refractivity contribution is 5.94. The summed E-state index contributed by atoms with van der Waals surface area (Å²) in [6.07, 6.45) is 9.10.